The summed E-state index contributed by atoms with van der Waals surface area (Å²) in [6, 6.07) is 10.4. The lowest BCUT2D eigenvalue weighted by atomic mass is 9.90. The van der Waals surface area contributed by atoms with Crippen LogP contribution in [0.2, 0.25) is 0 Å². The second-order valence-corrected chi connectivity index (χ2v) is 5.65. The Hall–Kier alpha value is -1.12. The third-order valence-electron chi connectivity index (χ3n) is 4.03. The zero-order valence-electron chi connectivity index (χ0n) is 13.5. The van der Waals surface area contributed by atoms with Gasteiger partial charge in [0.25, 0.3) is 0 Å². The fourth-order valence-electron chi connectivity index (χ4n) is 2.73. The number of unbranched alkanes of at least 4 members (excludes halogenated alkanes) is 1. The number of allylic oxidation sites excluding steroid dienone is 1. The summed E-state index contributed by atoms with van der Waals surface area (Å²) in [5.41, 5.74) is 6.91. The van der Waals surface area contributed by atoms with Crippen molar-refractivity contribution in [1.82, 2.24) is 0 Å². The first-order valence-corrected chi connectivity index (χ1v) is 8.28. The first-order valence-electron chi connectivity index (χ1n) is 8.28. The van der Waals surface area contributed by atoms with Gasteiger partial charge < -0.3 is 10.5 Å². The van der Waals surface area contributed by atoms with Crippen molar-refractivity contribution >= 4 is 0 Å². The van der Waals surface area contributed by atoms with Gasteiger partial charge in [0, 0.05) is 0 Å². The summed E-state index contributed by atoms with van der Waals surface area (Å²) in [4.78, 5) is 0. The van der Waals surface area contributed by atoms with E-state index in [1.165, 1.54) is 12.0 Å². The van der Waals surface area contributed by atoms with Crippen molar-refractivity contribution < 1.29 is 4.74 Å². The first kappa shape index (κ1) is 17.9. The number of ether oxygens (including phenoxy) is 1. The molecular formula is C19H31NO. The third-order valence-corrected chi connectivity index (χ3v) is 4.03. The number of hydrogen-bond acceptors (Lipinski definition) is 2. The highest BCUT2D eigenvalue weighted by atomic mass is 16.5. The quantitative estimate of drug-likeness (QED) is 0.447. The van der Waals surface area contributed by atoms with E-state index in [0.29, 0.717) is 18.6 Å². The van der Waals surface area contributed by atoms with Crippen LogP contribution in [-0.4, -0.2) is 12.6 Å². The molecule has 0 bridgehead atoms. The van der Waals surface area contributed by atoms with Crippen molar-refractivity contribution in [2.45, 2.75) is 58.2 Å². The van der Waals surface area contributed by atoms with E-state index in [4.69, 9.17) is 10.5 Å². The number of hydrogen-bond donors (Lipinski definition) is 1. The molecule has 0 aliphatic rings. The van der Waals surface area contributed by atoms with E-state index in [2.05, 4.69) is 37.8 Å². The predicted molar refractivity (Wildman–Crippen MR) is 91.1 cm³/mol. The molecule has 1 aromatic rings. The normalized spacial score (nSPS) is 13.8. The van der Waals surface area contributed by atoms with Gasteiger partial charge >= 0.3 is 0 Å². The SMILES string of the molecule is C=CCCC[C@@H](OCc1ccccc1)[C@H](CC)CCCN. The maximum absolute atomic E-state index is 6.25. The summed E-state index contributed by atoms with van der Waals surface area (Å²) < 4.78 is 6.25. The first-order chi connectivity index (χ1) is 10.3. The smallest absolute Gasteiger partial charge is 0.0720 e. The van der Waals surface area contributed by atoms with Crippen molar-refractivity contribution in [3.8, 4) is 0 Å². The van der Waals surface area contributed by atoms with Gasteiger partial charge in [0.05, 0.1) is 12.7 Å². The van der Waals surface area contributed by atoms with Gasteiger partial charge in [-0.15, -0.1) is 6.58 Å². The van der Waals surface area contributed by atoms with Gasteiger partial charge in [0.15, 0.2) is 0 Å². The Bertz CT molecular complexity index is 363. The van der Waals surface area contributed by atoms with Crippen LogP contribution in [0, 0.1) is 5.92 Å². The molecule has 0 aliphatic carbocycles. The molecule has 0 saturated carbocycles. The number of nitrogens with two attached hydrogens (primary N) is 1. The van der Waals surface area contributed by atoms with Gasteiger partial charge in [-0.25, -0.2) is 0 Å². The third kappa shape index (κ3) is 7.45. The lowest BCUT2D eigenvalue weighted by molar-refractivity contribution is -0.00963. The Morgan fingerprint density at radius 1 is 1.19 bits per heavy atom. The molecule has 0 radical (unpaired) electrons. The number of rotatable bonds is 12. The highest BCUT2D eigenvalue weighted by Crippen LogP contribution is 2.24. The molecule has 118 valence electrons. The molecule has 0 unspecified atom stereocenters. The standard InChI is InChI=1S/C19H31NO/c1-3-5-7-14-19(18(4-2)13-10-15-20)21-16-17-11-8-6-9-12-17/h3,6,8-9,11-12,18-19H,1,4-5,7,10,13-16,20H2,2H3/t18-,19-/m1/s1. The van der Waals surface area contributed by atoms with Crippen LogP contribution in [0.5, 0.6) is 0 Å². The lowest BCUT2D eigenvalue weighted by Gasteiger charge is -2.26. The summed E-state index contributed by atoms with van der Waals surface area (Å²) in [6.45, 7) is 7.55. The molecule has 2 N–H and O–H groups in total. The van der Waals surface area contributed by atoms with Gasteiger partial charge in [0.1, 0.15) is 0 Å². The summed E-state index contributed by atoms with van der Waals surface area (Å²) >= 11 is 0. The zero-order valence-corrected chi connectivity index (χ0v) is 13.5. The summed E-state index contributed by atoms with van der Waals surface area (Å²) in [7, 11) is 0. The van der Waals surface area contributed by atoms with Crippen LogP contribution in [0.25, 0.3) is 0 Å². The van der Waals surface area contributed by atoms with E-state index in [0.717, 1.165) is 38.6 Å². The Balaban J connectivity index is 2.54. The highest BCUT2D eigenvalue weighted by molar-refractivity contribution is 5.13. The average Bonchev–Trinajstić information content (AvgIpc) is 2.53. The molecule has 0 saturated heterocycles. The van der Waals surface area contributed by atoms with Gasteiger partial charge in [-0.05, 0) is 50.1 Å². The molecule has 0 amide bonds. The van der Waals surface area contributed by atoms with Gasteiger partial charge in [-0.1, -0.05) is 49.8 Å². The van der Waals surface area contributed by atoms with Crippen molar-refractivity contribution in [3.63, 3.8) is 0 Å². The Morgan fingerprint density at radius 2 is 1.95 bits per heavy atom. The molecule has 21 heavy (non-hydrogen) atoms. The minimum absolute atomic E-state index is 0.335. The van der Waals surface area contributed by atoms with Crippen LogP contribution in [0.3, 0.4) is 0 Å². The topological polar surface area (TPSA) is 35.2 Å². The van der Waals surface area contributed by atoms with E-state index >= 15 is 0 Å². The van der Waals surface area contributed by atoms with Gasteiger partial charge in [-0.3, -0.25) is 0 Å². The van der Waals surface area contributed by atoms with Crippen LogP contribution in [0.15, 0.2) is 43.0 Å². The molecule has 0 aromatic heterocycles. The molecule has 2 nitrogen and oxygen atoms in total. The van der Waals surface area contributed by atoms with Crippen molar-refractivity contribution in [3.05, 3.63) is 48.6 Å². The number of benzene rings is 1. The van der Waals surface area contributed by atoms with Crippen molar-refractivity contribution in [1.29, 1.82) is 0 Å². The molecular weight excluding hydrogens is 258 g/mol. The maximum atomic E-state index is 6.25. The van der Waals surface area contributed by atoms with Crippen LogP contribution in [-0.2, 0) is 11.3 Å². The van der Waals surface area contributed by atoms with E-state index < -0.39 is 0 Å². The van der Waals surface area contributed by atoms with Crippen LogP contribution >= 0.6 is 0 Å². The van der Waals surface area contributed by atoms with E-state index in [-0.39, 0.29) is 0 Å². The van der Waals surface area contributed by atoms with Crippen LogP contribution in [0.1, 0.15) is 51.0 Å². The van der Waals surface area contributed by atoms with Crippen LogP contribution in [0.4, 0.5) is 0 Å². The summed E-state index contributed by atoms with van der Waals surface area (Å²) in [5.74, 6) is 0.613. The second kappa shape index (κ2) is 11.5. The molecule has 0 fully saturated rings. The van der Waals surface area contributed by atoms with Gasteiger partial charge in [-0.2, -0.15) is 0 Å². The van der Waals surface area contributed by atoms with Crippen LogP contribution < -0.4 is 5.73 Å². The fourth-order valence-corrected chi connectivity index (χ4v) is 2.73. The molecule has 1 aromatic carbocycles. The lowest BCUT2D eigenvalue weighted by Crippen LogP contribution is -2.24. The van der Waals surface area contributed by atoms with E-state index in [1.54, 1.807) is 0 Å². The van der Waals surface area contributed by atoms with Crippen molar-refractivity contribution in [2.75, 3.05) is 6.54 Å². The largest absolute Gasteiger partial charge is 0.373 e. The highest BCUT2D eigenvalue weighted by Gasteiger charge is 2.20. The Morgan fingerprint density at radius 3 is 2.57 bits per heavy atom. The molecule has 0 aliphatic heterocycles. The minimum atomic E-state index is 0.335. The van der Waals surface area contributed by atoms with Gasteiger partial charge in [0.2, 0.25) is 0 Å². The minimum Gasteiger partial charge on any atom is -0.373 e. The molecule has 0 heterocycles. The van der Waals surface area contributed by atoms with Crippen molar-refractivity contribution in [2.24, 2.45) is 11.7 Å². The monoisotopic (exact) mass is 289 g/mol. The molecule has 2 heteroatoms. The summed E-state index contributed by atoms with van der Waals surface area (Å²) in [6.07, 6.45) is 9.08. The fraction of sp³-hybridized carbons (Fsp3) is 0.579. The maximum Gasteiger partial charge on any atom is 0.0720 e. The van der Waals surface area contributed by atoms with E-state index in [1.807, 2.05) is 12.1 Å². The predicted octanol–water partition coefficient (Wildman–Crippen LogP) is 4.69. The summed E-state index contributed by atoms with van der Waals surface area (Å²) in [5, 5.41) is 0. The van der Waals surface area contributed by atoms with E-state index in [9.17, 15) is 0 Å². The molecule has 2 atom stereocenters. The molecule has 1 rings (SSSR count). The Labute approximate surface area is 130 Å². The molecule has 0 spiro atoms. The Kier molecular flexibility index (Phi) is 9.84. The zero-order chi connectivity index (χ0) is 15.3. The average molecular weight is 289 g/mol. The second-order valence-electron chi connectivity index (χ2n) is 5.65.